The summed E-state index contributed by atoms with van der Waals surface area (Å²) in [4.78, 5) is 10.9. The minimum atomic E-state index is -0.857. The molecule has 0 radical (unpaired) electrons. The summed E-state index contributed by atoms with van der Waals surface area (Å²) in [6.45, 7) is 7.85. The van der Waals surface area contributed by atoms with E-state index in [1.807, 2.05) is 33.8 Å². The Bertz CT molecular complexity index is 485. The highest BCUT2D eigenvalue weighted by Crippen LogP contribution is 2.37. The highest BCUT2D eigenvalue weighted by Gasteiger charge is 2.52. The Morgan fingerprint density at radius 2 is 1.68 bits per heavy atom. The second kappa shape index (κ2) is 4.54. The smallest absolute Gasteiger partial charge is 0.411 e. The summed E-state index contributed by atoms with van der Waals surface area (Å²) in [5, 5.41) is 0. The maximum absolute atomic E-state index is 10.9. The normalized spacial score (nSPS) is 20.3. The van der Waals surface area contributed by atoms with Gasteiger partial charge in [-0.3, -0.25) is 0 Å². The van der Waals surface area contributed by atoms with Crippen molar-refractivity contribution in [3.05, 3.63) is 24.3 Å². The average molecular weight is 263 g/mol. The topological polar surface area (TPSA) is 70.8 Å². The van der Waals surface area contributed by atoms with Gasteiger partial charge in [-0.25, -0.2) is 4.79 Å². The van der Waals surface area contributed by atoms with E-state index in [1.165, 1.54) is 0 Å². The van der Waals surface area contributed by atoms with Gasteiger partial charge in [0, 0.05) is 5.46 Å². The van der Waals surface area contributed by atoms with Crippen molar-refractivity contribution in [2.45, 2.75) is 38.9 Å². The standard InChI is InChI=1S/C13H18BNO4/c1-12(2)13(3,4)19-14(18-12)9-7-5-6-8-10(9)17-11(15)16/h5-8H,1-4H3,(H2,15,16). The summed E-state index contributed by atoms with van der Waals surface area (Å²) in [6, 6.07) is 7.03. The molecule has 1 amide bonds. The predicted molar refractivity (Wildman–Crippen MR) is 72.4 cm³/mol. The van der Waals surface area contributed by atoms with E-state index in [4.69, 9.17) is 19.8 Å². The van der Waals surface area contributed by atoms with Gasteiger partial charge in [0.1, 0.15) is 5.75 Å². The van der Waals surface area contributed by atoms with Gasteiger partial charge in [0.25, 0.3) is 0 Å². The SMILES string of the molecule is CC1(C)OB(c2ccccc2OC(N)=O)OC1(C)C. The molecule has 0 spiro atoms. The van der Waals surface area contributed by atoms with Crippen LogP contribution in [0.2, 0.25) is 0 Å². The number of hydrogen-bond acceptors (Lipinski definition) is 4. The van der Waals surface area contributed by atoms with Gasteiger partial charge in [-0.1, -0.05) is 18.2 Å². The van der Waals surface area contributed by atoms with Crippen LogP contribution in [0.3, 0.4) is 0 Å². The molecule has 5 nitrogen and oxygen atoms in total. The number of ether oxygens (including phenoxy) is 1. The Morgan fingerprint density at radius 1 is 1.16 bits per heavy atom. The molecule has 0 unspecified atom stereocenters. The fraction of sp³-hybridized carbons (Fsp3) is 0.462. The molecule has 1 aromatic rings. The van der Waals surface area contributed by atoms with Gasteiger partial charge in [0.2, 0.25) is 0 Å². The molecule has 2 N–H and O–H groups in total. The van der Waals surface area contributed by atoms with Crippen molar-refractivity contribution in [3.8, 4) is 5.75 Å². The van der Waals surface area contributed by atoms with Crippen molar-refractivity contribution in [2.24, 2.45) is 5.73 Å². The maximum Gasteiger partial charge on any atom is 0.498 e. The molecular weight excluding hydrogens is 245 g/mol. The fourth-order valence-electron chi connectivity index (χ4n) is 1.85. The molecule has 0 aromatic heterocycles. The van der Waals surface area contributed by atoms with E-state index in [0.717, 1.165) is 0 Å². The first kappa shape index (κ1) is 13.9. The molecule has 0 bridgehead atoms. The van der Waals surface area contributed by atoms with Crippen LogP contribution < -0.4 is 15.9 Å². The number of amides is 1. The van der Waals surface area contributed by atoms with Crippen LogP contribution in [-0.4, -0.2) is 24.4 Å². The van der Waals surface area contributed by atoms with Gasteiger partial charge >= 0.3 is 13.2 Å². The van der Waals surface area contributed by atoms with Crippen molar-refractivity contribution in [1.82, 2.24) is 0 Å². The zero-order chi connectivity index (χ0) is 14.3. The number of carbonyl (C=O) groups excluding carboxylic acids is 1. The summed E-state index contributed by atoms with van der Waals surface area (Å²) in [6.07, 6.45) is -0.857. The number of hydrogen-bond donors (Lipinski definition) is 1. The lowest BCUT2D eigenvalue weighted by molar-refractivity contribution is 0.00578. The Hall–Kier alpha value is -1.53. The van der Waals surface area contributed by atoms with Crippen LogP contribution in [0.5, 0.6) is 5.75 Å². The lowest BCUT2D eigenvalue weighted by atomic mass is 9.78. The molecule has 0 saturated carbocycles. The van der Waals surface area contributed by atoms with Crippen LogP contribution in [0.15, 0.2) is 24.3 Å². The summed E-state index contributed by atoms with van der Waals surface area (Å²) in [5.41, 5.74) is 4.81. The molecule has 0 atom stereocenters. The molecule has 6 heteroatoms. The van der Waals surface area contributed by atoms with E-state index >= 15 is 0 Å². The van der Waals surface area contributed by atoms with E-state index in [0.29, 0.717) is 11.2 Å². The largest absolute Gasteiger partial charge is 0.498 e. The predicted octanol–water partition coefficient (Wildman–Crippen LogP) is 1.44. The third-order valence-corrected chi connectivity index (χ3v) is 3.64. The Balaban J connectivity index is 2.32. The van der Waals surface area contributed by atoms with E-state index in [1.54, 1.807) is 18.2 Å². The Labute approximate surface area is 113 Å². The highest BCUT2D eigenvalue weighted by atomic mass is 16.7. The molecule has 1 aromatic carbocycles. The molecule has 1 saturated heterocycles. The van der Waals surface area contributed by atoms with Crippen molar-refractivity contribution in [3.63, 3.8) is 0 Å². The molecule has 1 fully saturated rings. The van der Waals surface area contributed by atoms with Crippen LogP contribution in [0.25, 0.3) is 0 Å². The highest BCUT2D eigenvalue weighted by molar-refractivity contribution is 6.63. The van der Waals surface area contributed by atoms with E-state index in [2.05, 4.69) is 0 Å². The lowest BCUT2D eigenvalue weighted by Gasteiger charge is -2.32. The van der Waals surface area contributed by atoms with Gasteiger partial charge in [-0.05, 0) is 33.8 Å². The van der Waals surface area contributed by atoms with E-state index < -0.39 is 24.4 Å². The first-order valence-electron chi connectivity index (χ1n) is 6.15. The number of para-hydroxylation sites is 1. The number of primary amides is 1. The monoisotopic (exact) mass is 263 g/mol. The molecular formula is C13H18BNO4. The van der Waals surface area contributed by atoms with Crippen LogP contribution in [0.4, 0.5) is 4.79 Å². The van der Waals surface area contributed by atoms with Crippen molar-refractivity contribution >= 4 is 18.7 Å². The van der Waals surface area contributed by atoms with Crippen molar-refractivity contribution < 1.29 is 18.8 Å². The van der Waals surface area contributed by atoms with Gasteiger partial charge in [0.15, 0.2) is 0 Å². The van der Waals surface area contributed by atoms with Gasteiger partial charge in [-0.2, -0.15) is 0 Å². The Kier molecular flexibility index (Phi) is 3.32. The molecule has 1 aliphatic heterocycles. The Morgan fingerprint density at radius 3 is 2.21 bits per heavy atom. The molecule has 1 aliphatic rings. The molecule has 19 heavy (non-hydrogen) atoms. The molecule has 2 rings (SSSR count). The average Bonchev–Trinajstić information content (AvgIpc) is 2.48. The van der Waals surface area contributed by atoms with Crippen molar-refractivity contribution in [2.75, 3.05) is 0 Å². The number of nitrogens with two attached hydrogens (primary N) is 1. The van der Waals surface area contributed by atoms with Gasteiger partial charge < -0.3 is 19.8 Å². The van der Waals surface area contributed by atoms with Crippen LogP contribution in [0, 0.1) is 0 Å². The number of carbonyl (C=O) groups is 1. The molecule has 1 heterocycles. The quantitative estimate of drug-likeness (QED) is 0.819. The summed E-state index contributed by atoms with van der Waals surface area (Å²) < 4.78 is 16.8. The first-order chi connectivity index (χ1) is 8.73. The summed E-state index contributed by atoms with van der Waals surface area (Å²) in [7, 11) is -0.583. The van der Waals surface area contributed by atoms with Crippen molar-refractivity contribution in [1.29, 1.82) is 0 Å². The summed E-state index contributed by atoms with van der Waals surface area (Å²) in [5.74, 6) is 0.355. The summed E-state index contributed by atoms with van der Waals surface area (Å²) >= 11 is 0. The van der Waals surface area contributed by atoms with Crippen LogP contribution >= 0.6 is 0 Å². The minimum Gasteiger partial charge on any atom is -0.411 e. The zero-order valence-electron chi connectivity index (χ0n) is 11.6. The molecule has 102 valence electrons. The number of rotatable bonds is 2. The van der Waals surface area contributed by atoms with E-state index in [-0.39, 0.29) is 0 Å². The number of benzene rings is 1. The second-order valence-electron chi connectivity index (χ2n) is 5.55. The second-order valence-corrected chi connectivity index (χ2v) is 5.55. The van der Waals surface area contributed by atoms with Crippen LogP contribution in [0.1, 0.15) is 27.7 Å². The minimum absolute atomic E-state index is 0.355. The first-order valence-corrected chi connectivity index (χ1v) is 6.15. The van der Waals surface area contributed by atoms with Gasteiger partial charge in [0.05, 0.1) is 11.2 Å². The van der Waals surface area contributed by atoms with Gasteiger partial charge in [-0.15, -0.1) is 0 Å². The third kappa shape index (κ3) is 2.59. The zero-order valence-corrected chi connectivity index (χ0v) is 11.6. The van der Waals surface area contributed by atoms with Crippen LogP contribution in [-0.2, 0) is 9.31 Å². The van der Waals surface area contributed by atoms with E-state index in [9.17, 15) is 4.79 Å². The lowest BCUT2D eigenvalue weighted by Crippen LogP contribution is -2.41. The molecule has 0 aliphatic carbocycles. The fourth-order valence-corrected chi connectivity index (χ4v) is 1.85. The maximum atomic E-state index is 10.9. The third-order valence-electron chi connectivity index (χ3n) is 3.64.